The summed E-state index contributed by atoms with van der Waals surface area (Å²) in [5.41, 5.74) is -0.549. The largest absolute Gasteiger partial charge is 0.497 e. The zero-order valence-corrected chi connectivity index (χ0v) is 16.4. The van der Waals surface area contributed by atoms with Gasteiger partial charge < -0.3 is 15.4 Å². The molecule has 1 atom stereocenters. The second-order valence-corrected chi connectivity index (χ2v) is 7.08. The number of urea groups is 1. The van der Waals surface area contributed by atoms with Crippen molar-refractivity contribution in [3.63, 3.8) is 0 Å². The third-order valence-corrected chi connectivity index (χ3v) is 5.05. The number of carbonyl (C=O) groups excluding carboxylic acids is 3. The van der Waals surface area contributed by atoms with Crippen molar-refractivity contribution < 1.29 is 19.1 Å². The van der Waals surface area contributed by atoms with Crippen molar-refractivity contribution in [1.29, 1.82) is 0 Å². The number of methoxy groups -OCH3 is 1. The maximum atomic E-state index is 13.0. The summed E-state index contributed by atoms with van der Waals surface area (Å²) in [7, 11) is 1.61. The fourth-order valence-electron chi connectivity index (χ4n) is 3.30. The summed E-state index contributed by atoms with van der Waals surface area (Å²) in [5.74, 6) is -0.0280. The van der Waals surface area contributed by atoms with E-state index in [0.717, 1.165) is 34.3 Å². The Balaban J connectivity index is 1.82. The number of ether oxygens (including phenoxy) is 1. The van der Waals surface area contributed by atoms with Crippen LogP contribution < -0.4 is 15.4 Å². The quantitative estimate of drug-likeness (QED) is 0.568. The minimum Gasteiger partial charge on any atom is -0.497 e. The number of unbranched alkanes of at least 4 members (excludes halogenated alkanes) is 1. The molecule has 0 spiro atoms. The minimum atomic E-state index is -1.21. The molecule has 28 heavy (non-hydrogen) atoms. The van der Waals surface area contributed by atoms with Crippen LogP contribution in [0.1, 0.15) is 32.3 Å². The number of amides is 4. The van der Waals surface area contributed by atoms with E-state index in [-0.39, 0.29) is 12.5 Å². The van der Waals surface area contributed by atoms with Crippen molar-refractivity contribution in [3.8, 4) is 5.75 Å². The summed E-state index contributed by atoms with van der Waals surface area (Å²) in [6.07, 6.45) is 1.81. The molecule has 1 aliphatic rings. The van der Waals surface area contributed by atoms with Gasteiger partial charge in [-0.05, 0) is 47.9 Å². The van der Waals surface area contributed by atoms with Gasteiger partial charge in [0, 0.05) is 6.54 Å². The van der Waals surface area contributed by atoms with Crippen LogP contribution in [0, 0.1) is 0 Å². The highest BCUT2D eigenvalue weighted by Crippen LogP contribution is 2.31. The highest BCUT2D eigenvalue weighted by Gasteiger charge is 2.49. The third-order valence-electron chi connectivity index (χ3n) is 5.05. The molecule has 1 fully saturated rings. The topological polar surface area (TPSA) is 87.7 Å². The molecule has 0 radical (unpaired) electrons. The molecule has 2 aromatic rings. The first-order chi connectivity index (χ1) is 13.4. The molecule has 7 heteroatoms. The monoisotopic (exact) mass is 383 g/mol. The Hall–Kier alpha value is -3.09. The molecule has 0 aromatic heterocycles. The molecule has 0 bridgehead atoms. The Morgan fingerprint density at radius 2 is 1.89 bits per heavy atom. The van der Waals surface area contributed by atoms with Crippen LogP contribution in [0.25, 0.3) is 10.8 Å². The number of hydrogen-bond acceptors (Lipinski definition) is 4. The fourth-order valence-corrected chi connectivity index (χ4v) is 3.30. The number of carbonyl (C=O) groups is 3. The number of nitrogens with zero attached hydrogens (tertiary/aromatic N) is 1. The van der Waals surface area contributed by atoms with Crippen LogP contribution in [0.5, 0.6) is 5.75 Å². The molecular formula is C21H25N3O4. The Kier molecular flexibility index (Phi) is 5.53. The number of benzene rings is 2. The van der Waals surface area contributed by atoms with Crippen molar-refractivity contribution in [1.82, 2.24) is 15.5 Å². The summed E-state index contributed by atoms with van der Waals surface area (Å²) < 4.78 is 5.23. The van der Waals surface area contributed by atoms with Crippen LogP contribution in [0.4, 0.5) is 4.79 Å². The molecule has 4 amide bonds. The van der Waals surface area contributed by atoms with E-state index in [2.05, 4.69) is 10.6 Å². The molecule has 2 N–H and O–H groups in total. The van der Waals surface area contributed by atoms with Crippen LogP contribution in [0.2, 0.25) is 0 Å². The van der Waals surface area contributed by atoms with E-state index in [1.165, 1.54) is 0 Å². The first-order valence-corrected chi connectivity index (χ1v) is 9.38. The van der Waals surface area contributed by atoms with Gasteiger partial charge in [0.2, 0.25) is 5.91 Å². The van der Waals surface area contributed by atoms with E-state index in [1.54, 1.807) is 14.0 Å². The highest BCUT2D eigenvalue weighted by molar-refractivity contribution is 6.09. The van der Waals surface area contributed by atoms with Crippen LogP contribution in [-0.4, -0.2) is 42.9 Å². The maximum Gasteiger partial charge on any atom is 0.325 e. The number of imide groups is 1. The number of hydrogen-bond donors (Lipinski definition) is 2. The summed E-state index contributed by atoms with van der Waals surface area (Å²) in [4.78, 5) is 38.4. The normalized spacial score (nSPS) is 19.0. The lowest BCUT2D eigenvalue weighted by Gasteiger charge is -2.22. The van der Waals surface area contributed by atoms with Gasteiger partial charge in [0.05, 0.1) is 7.11 Å². The molecule has 148 valence electrons. The lowest BCUT2D eigenvalue weighted by Crippen LogP contribution is -2.43. The van der Waals surface area contributed by atoms with Crippen LogP contribution in [-0.2, 0) is 15.1 Å². The molecule has 2 aromatic carbocycles. The van der Waals surface area contributed by atoms with Gasteiger partial charge in [0.1, 0.15) is 17.8 Å². The van der Waals surface area contributed by atoms with E-state index >= 15 is 0 Å². The smallest absolute Gasteiger partial charge is 0.325 e. The first-order valence-electron chi connectivity index (χ1n) is 9.38. The van der Waals surface area contributed by atoms with Gasteiger partial charge in [-0.15, -0.1) is 0 Å². The Morgan fingerprint density at radius 3 is 2.61 bits per heavy atom. The molecule has 0 saturated carbocycles. The highest BCUT2D eigenvalue weighted by atomic mass is 16.5. The molecular weight excluding hydrogens is 358 g/mol. The van der Waals surface area contributed by atoms with Crippen molar-refractivity contribution >= 4 is 28.6 Å². The SMILES string of the molecule is CCCCNC(=O)CN1C(=O)N[C@](C)(c2ccc3cc(OC)ccc3c2)C1=O. The zero-order chi connectivity index (χ0) is 20.3. The number of nitrogens with one attached hydrogen (secondary N) is 2. The Labute approximate surface area is 164 Å². The Morgan fingerprint density at radius 1 is 1.18 bits per heavy atom. The molecule has 1 aliphatic heterocycles. The Bertz CT molecular complexity index is 927. The second kappa shape index (κ2) is 7.88. The fraction of sp³-hybridized carbons (Fsp3) is 0.381. The number of fused-ring (bicyclic) bond motifs is 1. The van der Waals surface area contributed by atoms with E-state index in [0.29, 0.717) is 12.1 Å². The van der Waals surface area contributed by atoms with Crippen molar-refractivity contribution in [2.75, 3.05) is 20.2 Å². The second-order valence-electron chi connectivity index (χ2n) is 7.08. The minimum absolute atomic E-state index is 0.283. The lowest BCUT2D eigenvalue weighted by molar-refractivity contribution is -0.134. The molecule has 1 saturated heterocycles. The van der Waals surface area contributed by atoms with Gasteiger partial charge in [0.15, 0.2) is 0 Å². The summed E-state index contributed by atoms with van der Waals surface area (Å²) in [6.45, 7) is 3.93. The van der Waals surface area contributed by atoms with Gasteiger partial charge in [-0.25, -0.2) is 4.79 Å². The van der Waals surface area contributed by atoms with Crippen LogP contribution in [0.3, 0.4) is 0 Å². The third kappa shape index (κ3) is 3.65. The average molecular weight is 383 g/mol. The van der Waals surface area contributed by atoms with E-state index < -0.39 is 17.5 Å². The molecule has 0 unspecified atom stereocenters. The van der Waals surface area contributed by atoms with E-state index in [1.807, 2.05) is 43.3 Å². The summed E-state index contributed by atoms with van der Waals surface area (Å²) in [5, 5.41) is 7.36. The summed E-state index contributed by atoms with van der Waals surface area (Å²) in [6, 6.07) is 10.7. The average Bonchev–Trinajstić information content (AvgIpc) is 2.91. The van der Waals surface area contributed by atoms with Crippen LogP contribution in [0.15, 0.2) is 36.4 Å². The molecule has 0 aliphatic carbocycles. The zero-order valence-electron chi connectivity index (χ0n) is 16.4. The van der Waals surface area contributed by atoms with Gasteiger partial charge in [-0.1, -0.05) is 31.5 Å². The molecule has 1 heterocycles. The van der Waals surface area contributed by atoms with Gasteiger partial charge >= 0.3 is 6.03 Å². The maximum absolute atomic E-state index is 13.0. The van der Waals surface area contributed by atoms with Gasteiger partial charge in [-0.2, -0.15) is 0 Å². The van der Waals surface area contributed by atoms with Crippen molar-refractivity contribution in [2.45, 2.75) is 32.2 Å². The van der Waals surface area contributed by atoms with Crippen molar-refractivity contribution in [2.24, 2.45) is 0 Å². The number of rotatable bonds is 7. The first kappa shape index (κ1) is 19.7. The standard InChI is InChI=1S/C21H25N3O4/c1-4-5-10-22-18(25)13-24-19(26)21(2,23-20(24)27)16-8-6-15-12-17(28-3)9-7-14(15)11-16/h6-9,11-12H,4-5,10,13H2,1-3H3,(H,22,25)(H,23,27)/t21-/m1/s1. The van der Waals surface area contributed by atoms with Crippen molar-refractivity contribution in [3.05, 3.63) is 42.0 Å². The van der Waals surface area contributed by atoms with E-state index in [4.69, 9.17) is 4.74 Å². The van der Waals surface area contributed by atoms with Gasteiger partial charge in [-0.3, -0.25) is 14.5 Å². The molecule has 7 nitrogen and oxygen atoms in total. The molecule has 3 rings (SSSR count). The van der Waals surface area contributed by atoms with E-state index in [9.17, 15) is 14.4 Å². The predicted molar refractivity (Wildman–Crippen MR) is 106 cm³/mol. The summed E-state index contributed by atoms with van der Waals surface area (Å²) >= 11 is 0. The van der Waals surface area contributed by atoms with Gasteiger partial charge in [0.25, 0.3) is 5.91 Å². The predicted octanol–water partition coefficient (Wildman–Crippen LogP) is 2.53. The van der Waals surface area contributed by atoms with Crippen LogP contribution >= 0.6 is 0 Å². The lowest BCUT2D eigenvalue weighted by atomic mass is 9.90.